The Morgan fingerprint density at radius 2 is 2.31 bits per heavy atom. The van der Waals surface area contributed by atoms with E-state index in [1.807, 2.05) is 11.3 Å². The summed E-state index contributed by atoms with van der Waals surface area (Å²) in [7, 11) is 0. The maximum atomic E-state index is 3.75. The Morgan fingerprint density at radius 3 is 2.81 bits per heavy atom. The molecule has 0 bridgehead atoms. The van der Waals surface area contributed by atoms with Crippen molar-refractivity contribution in [3.05, 3.63) is 20.8 Å². The van der Waals surface area contributed by atoms with Gasteiger partial charge in [-0.2, -0.15) is 0 Å². The van der Waals surface area contributed by atoms with Crippen molar-refractivity contribution in [3.63, 3.8) is 0 Å². The smallest absolute Gasteiger partial charge is 0.0388 e. The molecule has 1 N–H and O–H groups in total. The van der Waals surface area contributed by atoms with E-state index in [-0.39, 0.29) is 0 Å². The number of rotatable bonds is 3. The molecule has 1 heterocycles. The van der Waals surface area contributed by atoms with Crippen LogP contribution in [0, 0.1) is 5.41 Å². The average molecular weight is 302 g/mol. The van der Waals surface area contributed by atoms with E-state index < -0.39 is 0 Å². The SMILES string of the molecule is CC(NC1CCC(C)(C)C1)c1cc(Br)cs1. The maximum Gasteiger partial charge on any atom is 0.0388 e. The number of nitrogens with one attached hydrogen (secondary N) is 1. The fourth-order valence-corrected chi connectivity index (χ4v) is 4.03. The van der Waals surface area contributed by atoms with Crippen LogP contribution in [0.15, 0.2) is 15.9 Å². The topological polar surface area (TPSA) is 12.0 Å². The Bertz CT molecular complexity index is 359. The van der Waals surface area contributed by atoms with Crippen LogP contribution in [0.1, 0.15) is 51.0 Å². The summed E-state index contributed by atoms with van der Waals surface area (Å²) in [6, 6.07) is 3.41. The first-order chi connectivity index (χ1) is 7.46. The van der Waals surface area contributed by atoms with Gasteiger partial charge in [0.25, 0.3) is 0 Å². The largest absolute Gasteiger partial charge is 0.307 e. The van der Waals surface area contributed by atoms with E-state index in [9.17, 15) is 0 Å². The molecular weight excluding hydrogens is 282 g/mol. The molecule has 0 aliphatic heterocycles. The summed E-state index contributed by atoms with van der Waals surface area (Å²) < 4.78 is 1.20. The summed E-state index contributed by atoms with van der Waals surface area (Å²) in [4.78, 5) is 1.43. The molecule has 1 saturated carbocycles. The molecule has 1 aliphatic carbocycles. The molecule has 0 spiro atoms. The fourth-order valence-electron chi connectivity index (χ4n) is 2.57. The number of hydrogen-bond acceptors (Lipinski definition) is 2. The zero-order valence-electron chi connectivity index (χ0n) is 10.2. The molecular formula is C13H20BrNS. The third kappa shape index (κ3) is 3.08. The average Bonchev–Trinajstić information content (AvgIpc) is 2.73. The van der Waals surface area contributed by atoms with Gasteiger partial charge in [-0.05, 0) is 53.6 Å². The van der Waals surface area contributed by atoms with Crippen LogP contribution in [-0.4, -0.2) is 6.04 Å². The lowest BCUT2D eigenvalue weighted by Crippen LogP contribution is -2.29. The first-order valence-electron chi connectivity index (χ1n) is 5.96. The van der Waals surface area contributed by atoms with Gasteiger partial charge in [-0.3, -0.25) is 0 Å². The summed E-state index contributed by atoms with van der Waals surface area (Å²) in [5.74, 6) is 0. The number of thiophene rings is 1. The second-order valence-electron chi connectivity index (χ2n) is 5.66. The molecule has 1 fully saturated rings. The van der Waals surface area contributed by atoms with Crippen LogP contribution < -0.4 is 5.32 Å². The van der Waals surface area contributed by atoms with E-state index in [0.717, 1.165) is 0 Å². The van der Waals surface area contributed by atoms with Gasteiger partial charge in [-0.25, -0.2) is 0 Å². The van der Waals surface area contributed by atoms with Crippen LogP contribution in [0.3, 0.4) is 0 Å². The van der Waals surface area contributed by atoms with Crippen LogP contribution in [-0.2, 0) is 0 Å². The van der Waals surface area contributed by atoms with Gasteiger partial charge in [-0.15, -0.1) is 11.3 Å². The van der Waals surface area contributed by atoms with Gasteiger partial charge in [0, 0.05) is 26.8 Å². The lowest BCUT2D eigenvalue weighted by atomic mass is 9.92. The van der Waals surface area contributed by atoms with E-state index in [1.165, 1.54) is 28.6 Å². The van der Waals surface area contributed by atoms with Gasteiger partial charge in [-0.1, -0.05) is 13.8 Å². The Hall–Kier alpha value is 0.140. The van der Waals surface area contributed by atoms with Crippen LogP contribution in [0.5, 0.6) is 0 Å². The predicted octanol–water partition coefficient (Wildman–Crippen LogP) is 4.74. The van der Waals surface area contributed by atoms with Crippen molar-refractivity contribution in [2.45, 2.75) is 52.1 Å². The minimum Gasteiger partial charge on any atom is -0.307 e. The highest BCUT2D eigenvalue weighted by Gasteiger charge is 2.31. The van der Waals surface area contributed by atoms with Gasteiger partial charge < -0.3 is 5.32 Å². The van der Waals surface area contributed by atoms with E-state index in [0.29, 0.717) is 17.5 Å². The highest BCUT2D eigenvalue weighted by atomic mass is 79.9. The molecule has 16 heavy (non-hydrogen) atoms. The Balaban J connectivity index is 1.91. The lowest BCUT2D eigenvalue weighted by Gasteiger charge is -2.21. The standard InChI is InChI=1S/C13H20BrNS/c1-9(12-6-10(14)8-16-12)15-11-4-5-13(2,3)7-11/h6,8-9,11,15H,4-5,7H2,1-3H3. The van der Waals surface area contributed by atoms with E-state index >= 15 is 0 Å². The van der Waals surface area contributed by atoms with Crippen LogP contribution in [0.25, 0.3) is 0 Å². The zero-order chi connectivity index (χ0) is 11.8. The Labute approximate surface area is 111 Å². The second-order valence-corrected chi connectivity index (χ2v) is 7.52. The van der Waals surface area contributed by atoms with Crippen molar-refractivity contribution in [2.24, 2.45) is 5.41 Å². The quantitative estimate of drug-likeness (QED) is 0.850. The molecule has 2 atom stereocenters. The van der Waals surface area contributed by atoms with Crippen LogP contribution >= 0.6 is 27.3 Å². The minimum absolute atomic E-state index is 0.482. The van der Waals surface area contributed by atoms with E-state index in [1.54, 1.807) is 0 Å². The van der Waals surface area contributed by atoms with Crippen molar-refractivity contribution in [1.82, 2.24) is 5.32 Å². The van der Waals surface area contributed by atoms with Gasteiger partial charge >= 0.3 is 0 Å². The molecule has 0 saturated heterocycles. The molecule has 1 aromatic rings. The Kier molecular flexibility index (Phi) is 3.77. The van der Waals surface area contributed by atoms with Crippen molar-refractivity contribution >= 4 is 27.3 Å². The van der Waals surface area contributed by atoms with Crippen molar-refractivity contribution in [2.75, 3.05) is 0 Å². The fraction of sp³-hybridized carbons (Fsp3) is 0.692. The molecule has 1 aliphatic rings. The molecule has 1 aromatic heterocycles. The molecule has 0 aromatic carbocycles. The number of hydrogen-bond donors (Lipinski definition) is 1. The third-order valence-corrected chi connectivity index (χ3v) is 5.35. The summed E-state index contributed by atoms with van der Waals surface area (Å²) in [5.41, 5.74) is 0.535. The summed E-state index contributed by atoms with van der Waals surface area (Å²) in [6.45, 7) is 7.02. The third-order valence-electron chi connectivity index (χ3n) is 3.47. The molecule has 2 unspecified atom stereocenters. The molecule has 0 radical (unpaired) electrons. The summed E-state index contributed by atoms with van der Waals surface area (Å²) >= 11 is 5.35. The first-order valence-corrected chi connectivity index (χ1v) is 7.63. The summed E-state index contributed by atoms with van der Waals surface area (Å²) in [6.07, 6.45) is 3.99. The maximum absolute atomic E-state index is 3.75. The molecule has 3 heteroatoms. The van der Waals surface area contributed by atoms with E-state index in [4.69, 9.17) is 0 Å². The highest BCUT2D eigenvalue weighted by Crippen LogP contribution is 2.38. The van der Waals surface area contributed by atoms with Gasteiger partial charge in [0.05, 0.1) is 0 Å². The van der Waals surface area contributed by atoms with Gasteiger partial charge in [0.2, 0.25) is 0 Å². The molecule has 0 amide bonds. The van der Waals surface area contributed by atoms with Crippen molar-refractivity contribution in [3.8, 4) is 0 Å². The van der Waals surface area contributed by atoms with Gasteiger partial charge in [0.15, 0.2) is 0 Å². The lowest BCUT2D eigenvalue weighted by molar-refractivity contribution is 0.357. The second kappa shape index (κ2) is 4.79. The molecule has 90 valence electrons. The predicted molar refractivity (Wildman–Crippen MR) is 75.0 cm³/mol. The Morgan fingerprint density at radius 1 is 1.56 bits per heavy atom. The minimum atomic E-state index is 0.482. The molecule has 1 nitrogen and oxygen atoms in total. The molecule has 2 rings (SSSR count). The zero-order valence-corrected chi connectivity index (χ0v) is 12.6. The van der Waals surface area contributed by atoms with Crippen molar-refractivity contribution in [1.29, 1.82) is 0 Å². The monoisotopic (exact) mass is 301 g/mol. The normalized spacial score (nSPS) is 25.9. The summed E-state index contributed by atoms with van der Waals surface area (Å²) in [5, 5.41) is 5.91. The van der Waals surface area contributed by atoms with Crippen LogP contribution in [0.2, 0.25) is 0 Å². The van der Waals surface area contributed by atoms with Crippen LogP contribution in [0.4, 0.5) is 0 Å². The first kappa shape index (κ1) is 12.6. The van der Waals surface area contributed by atoms with Gasteiger partial charge in [0.1, 0.15) is 0 Å². The van der Waals surface area contributed by atoms with Crippen molar-refractivity contribution < 1.29 is 0 Å². The van der Waals surface area contributed by atoms with E-state index in [2.05, 4.69) is 53.5 Å². The number of halogens is 1. The highest BCUT2D eigenvalue weighted by molar-refractivity contribution is 9.10.